The van der Waals surface area contributed by atoms with Gasteiger partial charge in [0.05, 0.1) is 30.6 Å². The number of hydrogen-bond donors (Lipinski definition) is 4. The highest BCUT2D eigenvalue weighted by Crippen LogP contribution is 2.37. The smallest absolute Gasteiger partial charge is 0.407 e. The molecule has 1 aromatic carbocycles. The van der Waals surface area contributed by atoms with Crippen LogP contribution in [0.1, 0.15) is 44.1 Å². The molecule has 2 aromatic heterocycles. The summed E-state index contributed by atoms with van der Waals surface area (Å²) in [6.07, 6.45) is 2.73. The number of carbonyl (C=O) groups excluding carboxylic acids is 3. The second-order valence-corrected chi connectivity index (χ2v) is 10.1. The van der Waals surface area contributed by atoms with Gasteiger partial charge in [-0.2, -0.15) is 5.10 Å². The van der Waals surface area contributed by atoms with E-state index in [4.69, 9.17) is 9.47 Å². The minimum atomic E-state index is -0.584. The van der Waals surface area contributed by atoms with E-state index >= 15 is 0 Å². The molecule has 2 heterocycles. The summed E-state index contributed by atoms with van der Waals surface area (Å²) in [7, 11) is 3.00. The molecule has 0 radical (unpaired) electrons. The number of aromatic nitrogens is 5. The Morgan fingerprint density at radius 3 is 2.58 bits per heavy atom. The van der Waals surface area contributed by atoms with Crippen molar-refractivity contribution in [2.24, 2.45) is 5.92 Å². The van der Waals surface area contributed by atoms with Gasteiger partial charge in [-0.05, 0) is 45.7 Å². The Balaban J connectivity index is 1.53. The normalized spacial score (nSPS) is 12.8. The number of nitrogens with zero attached hydrogens (tertiary/aromatic N) is 5. The number of nitrogens with one attached hydrogen (secondary N) is 4. The van der Waals surface area contributed by atoms with Crippen LogP contribution in [-0.2, 0) is 16.1 Å². The summed E-state index contributed by atoms with van der Waals surface area (Å²) in [5.41, 5.74) is 0.888. The maximum absolute atomic E-state index is 12.5. The van der Waals surface area contributed by atoms with Gasteiger partial charge in [0.1, 0.15) is 11.9 Å². The van der Waals surface area contributed by atoms with Crippen molar-refractivity contribution >= 4 is 35.1 Å². The summed E-state index contributed by atoms with van der Waals surface area (Å²) in [5, 5.41) is 23.7. The van der Waals surface area contributed by atoms with Gasteiger partial charge in [-0.3, -0.25) is 14.3 Å². The SMILES string of the molecule is CNC(=O)c1nnc(NC(=O)C2CC2)cc1Nc1cccc(-c2ncn(CCNC(=O)OC(C)(C)C)n2)c1OC. The number of carbonyl (C=O) groups is 3. The number of hydrogen-bond acceptors (Lipinski definition) is 10. The predicted octanol–water partition coefficient (Wildman–Crippen LogP) is 2.72. The number of anilines is 3. The van der Waals surface area contributed by atoms with E-state index in [1.54, 1.807) is 56.0 Å². The van der Waals surface area contributed by atoms with Crippen LogP contribution < -0.4 is 26.0 Å². The largest absolute Gasteiger partial charge is 0.494 e. The van der Waals surface area contributed by atoms with Crippen LogP contribution in [0.5, 0.6) is 5.75 Å². The number of amides is 3. The lowest BCUT2D eigenvalue weighted by atomic mass is 10.1. The highest BCUT2D eigenvalue weighted by molar-refractivity contribution is 6.00. The lowest BCUT2D eigenvalue weighted by Gasteiger charge is -2.19. The van der Waals surface area contributed by atoms with Gasteiger partial charge in [-0.1, -0.05) is 6.07 Å². The monoisotopic (exact) mass is 551 g/mol. The molecule has 1 saturated carbocycles. The van der Waals surface area contributed by atoms with Gasteiger partial charge in [-0.15, -0.1) is 10.2 Å². The Morgan fingerprint density at radius 1 is 1.12 bits per heavy atom. The molecule has 4 N–H and O–H groups in total. The van der Waals surface area contributed by atoms with Crippen LogP contribution in [0.3, 0.4) is 0 Å². The first-order valence-corrected chi connectivity index (χ1v) is 12.8. The third-order valence-electron chi connectivity index (χ3n) is 5.71. The lowest BCUT2D eigenvalue weighted by molar-refractivity contribution is -0.117. The molecule has 3 aromatic rings. The molecule has 0 aliphatic heterocycles. The third kappa shape index (κ3) is 7.21. The highest BCUT2D eigenvalue weighted by Gasteiger charge is 2.30. The zero-order chi connectivity index (χ0) is 28.9. The quantitative estimate of drug-likeness (QED) is 0.293. The van der Waals surface area contributed by atoms with E-state index in [9.17, 15) is 14.4 Å². The van der Waals surface area contributed by atoms with E-state index in [-0.39, 0.29) is 23.3 Å². The number of ether oxygens (including phenoxy) is 2. The maximum Gasteiger partial charge on any atom is 0.407 e. The van der Waals surface area contributed by atoms with E-state index in [1.807, 2.05) is 0 Å². The molecule has 14 heteroatoms. The molecule has 0 saturated heterocycles. The van der Waals surface area contributed by atoms with Crippen molar-refractivity contribution in [3.63, 3.8) is 0 Å². The van der Waals surface area contributed by atoms with Crippen LogP contribution in [0.2, 0.25) is 0 Å². The number of para-hydroxylation sites is 1. The third-order valence-corrected chi connectivity index (χ3v) is 5.71. The molecule has 1 aliphatic rings. The van der Waals surface area contributed by atoms with Gasteiger partial charge in [0.15, 0.2) is 23.1 Å². The molecule has 1 aliphatic carbocycles. The fourth-order valence-corrected chi connectivity index (χ4v) is 3.70. The molecule has 40 heavy (non-hydrogen) atoms. The summed E-state index contributed by atoms with van der Waals surface area (Å²) < 4.78 is 12.5. The average molecular weight is 552 g/mol. The topological polar surface area (TPSA) is 174 Å². The molecule has 0 bridgehead atoms. The van der Waals surface area contributed by atoms with Crippen molar-refractivity contribution in [2.75, 3.05) is 31.3 Å². The Bertz CT molecular complexity index is 1400. The second-order valence-electron chi connectivity index (χ2n) is 10.1. The highest BCUT2D eigenvalue weighted by atomic mass is 16.6. The zero-order valence-corrected chi connectivity index (χ0v) is 23.1. The van der Waals surface area contributed by atoms with Gasteiger partial charge in [0.25, 0.3) is 5.91 Å². The van der Waals surface area contributed by atoms with Gasteiger partial charge in [-0.25, -0.2) is 9.78 Å². The van der Waals surface area contributed by atoms with Crippen molar-refractivity contribution < 1.29 is 23.9 Å². The van der Waals surface area contributed by atoms with Gasteiger partial charge >= 0.3 is 6.09 Å². The maximum atomic E-state index is 12.5. The summed E-state index contributed by atoms with van der Waals surface area (Å²) in [6, 6.07) is 6.90. The van der Waals surface area contributed by atoms with Crippen molar-refractivity contribution in [1.29, 1.82) is 0 Å². The first kappa shape index (κ1) is 28.3. The van der Waals surface area contributed by atoms with Crippen molar-refractivity contribution in [3.8, 4) is 17.1 Å². The molecule has 14 nitrogen and oxygen atoms in total. The van der Waals surface area contributed by atoms with Crippen LogP contribution in [0, 0.1) is 5.92 Å². The van der Waals surface area contributed by atoms with Crippen LogP contribution in [0.4, 0.5) is 22.0 Å². The molecule has 3 amide bonds. The van der Waals surface area contributed by atoms with Crippen molar-refractivity contribution in [2.45, 2.75) is 45.8 Å². The van der Waals surface area contributed by atoms with Gasteiger partial charge < -0.3 is 30.7 Å². The summed E-state index contributed by atoms with van der Waals surface area (Å²) >= 11 is 0. The predicted molar refractivity (Wildman–Crippen MR) is 146 cm³/mol. The molecule has 1 fully saturated rings. The van der Waals surface area contributed by atoms with E-state index in [1.165, 1.54) is 14.2 Å². The summed E-state index contributed by atoms with van der Waals surface area (Å²) in [4.78, 5) is 41.0. The molecule has 0 atom stereocenters. The Kier molecular flexibility index (Phi) is 8.46. The Hall–Kier alpha value is -4.75. The first-order valence-electron chi connectivity index (χ1n) is 12.8. The van der Waals surface area contributed by atoms with Crippen LogP contribution in [0.25, 0.3) is 11.4 Å². The van der Waals surface area contributed by atoms with Gasteiger partial charge in [0.2, 0.25) is 5.91 Å². The fraction of sp³-hybridized carbons (Fsp3) is 0.423. The van der Waals surface area contributed by atoms with Crippen LogP contribution in [-0.4, -0.2) is 69.2 Å². The van der Waals surface area contributed by atoms with Gasteiger partial charge in [0, 0.05) is 25.6 Å². The fourth-order valence-electron chi connectivity index (χ4n) is 3.70. The average Bonchev–Trinajstić information content (AvgIpc) is 3.66. The first-order chi connectivity index (χ1) is 19.1. The zero-order valence-electron chi connectivity index (χ0n) is 23.1. The molecular weight excluding hydrogens is 518 g/mol. The molecule has 212 valence electrons. The number of alkyl carbamates (subject to hydrolysis) is 1. The molecular formula is C26H33N9O5. The van der Waals surface area contributed by atoms with E-state index in [0.29, 0.717) is 41.6 Å². The van der Waals surface area contributed by atoms with Crippen LogP contribution >= 0.6 is 0 Å². The van der Waals surface area contributed by atoms with E-state index in [2.05, 4.69) is 41.5 Å². The minimum Gasteiger partial charge on any atom is -0.494 e. The Labute approximate surface area is 231 Å². The number of rotatable bonds is 10. The number of methoxy groups -OCH3 is 1. The Morgan fingerprint density at radius 2 is 1.90 bits per heavy atom. The standard InChI is InChI=1S/C26H33N9O5/c1-26(2,3)40-25(38)28-11-12-35-14-29-22(34-35)16-7-6-8-17(21(16)39-5)30-18-13-19(31-23(36)15-9-10-15)32-33-20(18)24(37)27-4/h6-8,13-15H,9-12H2,1-5H3,(H,27,37)(H,28,38)(H2,30,31,32,36). The van der Waals surface area contributed by atoms with Crippen molar-refractivity contribution in [3.05, 3.63) is 36.3 Å². The minimum absolute atomic E-state index is 0.0194. The molecule has 0 unspecified atom stereocenters. The number of benzene rings is 1. The summed E-state index contributed by atoms with van der Waals surface area (Å²) in [5.74, 6) is 0.447. The van der Waals surface area contributed by atoms with E-state index in [0.717, 1.165) is 12.8 Å². The van der Waals surface area contributed by atoms with E-state index < -0.39 is 17.6 Å². The second kappa shape index (κ2) is 12.0. The van der Waals surface area contributed by atoms with Crippen LogP contribution in [0.15, 0.2) is 30.6 Å². The molecule has 0 spiro atoms. The lowest BCUT2D eigenvalue weighted by Crippen LogP contribution is -2.34. The molecule has 4 rings (SSSR count). The summed E-state index contributed by atoms with van der Waals surface area (Å²) in [6.45, 7) is 6.06. The van der Waals surface area contributed by atoms with Crippen molar-refractivity contribution in [1.82, 2.24) is 35.6 Å².